The van der Waals surface area contributed by atoms with Crippen molar-refractivity contribution in [1.29, 1.82) is 0 Å². The molecule has 0 aliphatic heterocycles. The molecule has 0 heterocycles. The van der Waals surface area contributed by atoms with E-state index in [0.717, 1.165) is 5.56 Å². The first-order chi connectivity index (χ1) is 11.6. The summed E-state index contributed by atoms with van der Waals surface area (Å²) in [6.07, 6.45) is -0.793. The molecular formula is C18H20N2O4. The molecule has 2 aromatic rings. The van der Waals surface area contributed by atoms with Gasteiger partial charge in [-0.05, 0) is 36.8 Å². The summed E-state index contributed by atoms with van der Waals surface area (Å²) in [5, 5.41) is 4.47. The van der Waals surface area contributed by atoms with Crippen molar-refractivity contribution < 1.29 is 19.1 Å². The smallest absolute Gasteiger partial charge is 0.321 e. The van der Waals surface area contributed by atoms with Gasteiger partial charge in [0, 0.05) is 7.05 Å². The van der Waals surface area contributed by atoms with E-state index < -0.39 is 18.0 Å². The highest BCUT2D eigenvalue weighted by Gasteiger charge is 2.16. The Hall–Kier alpha value is -3.02. The largest absolute Gasteiger partial charge is 0.489 e. The molecule has 126 valence electrons. The molecule has 1 atom stereocenters. The van der Waals surface area contributed by atoms with Crippen LogP contribution in [0.15, 0.2) is 54.6 Å². The van der Waals surface area contributed by atoms with Gasteiger partial charge >= 0.3 is 6.03 Å². The number of ether oxygens (including phenoxy) is 2. The lowest BCUT2D eigenvalue weighted by Crippen LogP contribution is -2.43. The first-order valence-corrected chi connectivity index (χ1v) is 7.54. The summed E-state index contributed by atoms with van der Waals surface area (Å²) >= 11 is 0. The minimum Gasteiger partial charge on any atom is -0.489 e. The van der Waals surface area contributed by atoms with E-state index in [1.54, 1.807) is 31.2 Å². The Morgan fingerprint density at radius 2 is 1.62 bits per heavy atom. The van der Waals surface area contributed by atoms with E-state index in [9.17, 15) is 9.59 Å². The van der Waals surface area contributed by atoms with Gasteiger partial charge in [0.05, 0.1) is 0 Å². The van der Waals surface area contributed by atoms with Crippen LogP contribution in [0.4, 0.5) is 4.79 Å². The third kappa shape index (κ3) is 5.31. The van der Waals surface area contributed by atoms with Gasteiger partial charge < -0.3 is 14.8 Å². The van der Waals surface area contributed by atoms with Gasteiger partial charge in [-0.1, -0.05) is 30.3 Å². The number of hydrogen-bond donors (Lipinski definition) is 2. The first-order valence-electron chi connectivity index (χ1n) is 7.54. The van der Waals surface area contributed by atoms with E-state index in [0.29, 0.717) is 18.1 Å². The normalized spacial score (nSPS) is 11.2. The Bertz CT molecular complexity index is 671. The first kappa shape index (κ1) is 17.3. The van der Waals surface area contributed by atoms with Crippen LogP contribution in [0.5, 0.6) is 11.5 Å². The summed E-state index contributed by atoms with van der Waals surface area (Å²) in [4.78, 5) is 22.8. The summed E-state index contributed by atoms with van der Waals surface area (Å²) in [6.45, 7) is 2.05. The van der Waals surface area contributed by atoms with Crippen LogP contribution >= 0.6 is 0 Å². The Morgan fingerprint density at radius 1 is 1.00 bits per heavy atom. The molecule has 0 saturated carbocycles. The zero-order chi connectivity index (χ0) is 17.4. The van der Waals surface area contributed by atoms with Crippen molar-refractivity contribution in [1.82, 2.24) is 10.6 Å². The van der Waals surface area contributed by atoms with Gasteiger partial charge in [-0.2, -0.15) is 0 Å². The quantitative estimate of drug-likeness (QED) is 0.854. The van der Waals surface area contributed by atoms with Gasteiger partial charge in [0.15, 0.2) is 6.10 Å². The second-order valence-corrected chi connectivity index (χ2v) is 5.07. The van der Waals surface area contributed by atoms with Crippen molar-refractivity contribution in [2.75, 3.05) is 7.05 Å². The molecule has 2 aromatic carbocycles. The van der Waals surface area contributed by atoms with Crippen LogP contribution in [0.2, 0.25) is 0 Å². The Morgan fingerprint density at radius 3 is 2.25 bits per heavy atom. The van der Waals surface area contributed by atoms with Crippen LogP contribution in [-0.2, 0) is 11.4 Å². The average molecular weight is 328 g/mol. The van der Waals surface area contributed by atoms with Crippen LogP contribution < -0.4 is 20.1 Å². The molecule has 0 aliphatic carbocycles. The summed E-state index contributed by atoms with van der Waals surface area (Å²) in [5.41, 5.74) is 1.08. The third-order valence-corrected chi connectivity index (χ3v) is 3.22. The zero-order valence-corrected chi connectivity index (χ0v) is 13.6. The van der Waals surface area contributed by atoms with Crippen molar-refractivity contribution >= 4 is 11.9 Å². The predicted molar refractivity (Wildman–Crippen MR) is 89.9 cm³/mol. The fourth-order valence-corrected chi connectivity index (χ4v) is 1.89. The molecule has 3 amide bonds. The number of imide groups is 1. The van der Waals surface area contributed by atoms with Gasteiger partial charge in [0.25, 0.3) is 5.91 Å². The maximum atomic E-state index is 11.7. The molecule has 2 rings (SSSR count). The number of carbonyl (C=O) groups is 2. The minimum absolute atomic E-state index is 0.478. The fourth-order valence-electron chi connectivity index (χ4n) is 1.89. The fraction of sp³-hybridized carbons (Fsp3) is 0.222. The van der Waals surface area contributed by atoms with Crippen LogP contribution in [0, 0.1) is 0 Å². The number of amides is 3. The number of benzene rings is 2. The van der Waals surface area contributed by atoms with Gasteiger partial charge in [-0.3, -0.25) is 10.1 Å². The van der Waals surface area contributed by atoms with Crippen molar-refractivity contribution in [3.63, 3.8) is 0 Å². The second kappa shape index (κ2) is 8.57. The van der Waals surface area contributed by atoms with E-state index in [2.05, 4.69) is 10.6 Å². The highest BCUT2D eigenvalue weighted by atomic mass is 16.5. The lowest BCUT2D eigenvalue weighted by Gasteiger charge is -2.14. The standard InChI is InChI=1S/C18H20N2O4/c1-13(17(21)20-18(22)19-2)24-16-10-8-15(9-11-16)23-12-14-6-4-3-5-7-14/h3-11,13H,12H2,1-2H3,(H2,19,20,21,22)/t13-/m0/s1. The maximum Gasteiger partial charge on any atom is 0.321 e. The predicted octanol–water partition coefficient (Wildman–Crippen LogP) is 2.49. The van der Waals surface area contributed by atoms with Crippen molar-refractivity contribution in [3.8, 4) is 11.5 Å². The van der Waals surface area contributed by atoms with E-state index in [1.807, 2.05) is 30.3 Å². The Balaban J connectivity index is 1.85. The lowest BCUT2D eigenvalue weighted by atomic mass is 10.2. The molecule has 2 N–H and O–H groups in total. The number of carbonyl (C=O) groups excluding carboxylic acids is 2. The molecule has 0 aromatic heterocycles. The van der Waals surface area contributed by atoms with Gasteiger partial charge in [-0.25, -0.2) is 4.79 Å². The summed E-state index contributed by atoms with van der Waals surface area (Å²) < 4.78 is 11.2. The molecule has 0 aliphatic rings. The van der Waals surface area contributed by atoms with E-state index in [1.165, 1.54) is 7.05 Å². The number of nitrogens with one attached hydrogen (secondary N) is 2. The topological polar surface area (TPSA) is 76.7 Å². The van der Waals surface area contributed by atoms with E-state index in [4.69, 9.17) is 9.47 Å². The third-order valence-electron chi connectivity index (χ3n) is 3.22. The molecule has 0 fully saturated rings. The Kier molecular flexibility index (Phi) is 6.19. The number of rotatable bonds is 6. The molecule has 0 bridgehead atoms. The second-order valence-electron chi connectivity index (χ2n) is 5.07. The summed E-state index contributed by atoms with van der Waals surface area (Å²) in [6, 6.07) is 16.2. The molecule has 0 spiro atoms. The number of urea groups is 1. The van der Waals surface area contributed by atoms with Gasteiger partial charge in [0.1, 0.15) is 18.1 Å². The monoisotopic (exact) mass is 328 g/mol. The maximum absolute atomic E-state index is 11.7. The molecule has 0 saturated heterocycles. The highest BCUT2D eigenvalue weighted by molar-refractivity contribution is 5.96. The minimum atomic E-state index is -0.793. The van der Waals surface area contributed by atoms with Crippen LogP contribution in [0.1, 0.15) is 12.5 Å². The summed E-state index contributed by atoms with van der Waals surface area (Å²) in [5.74, 6) is 0.703. The molecule has 0 unspecified atom stereocenters. The molecule has 6 heteroatoms. The Labute approximate surface area is 140 Å². The van der Waals surface area contributed by atoms with Crippen molar-refractivity contribution in [2.45, 2.75) is 19.6 Å². The molecular weight excluding hydrogens is 308 g/mol. The molecule has 24 heavy (non-hydrogen) atoms. The van der Waals surface area contributed by atoms with Crippen LogP contribution in [-0.4, -0.2) is 25.1 Å². The molecule has 0 radical (unpaired) electrons. The van der Waals surface area contributed by atoms with Crippen LogP contribution in [0.25, 0.3) is 0 Å². The SMILES string of the molecule is CNC(=O)NC(=O)[C@H](C)Oc1ccc(OCc2ccccc2)cc1. The van der Waals surface area contributed by atoms with E-state index >= 15 is 0 Å². The zero-order valence-electron chi connectivity index (χ0n) is 13.6. The lowest BCUT2D eigenvalue weighted by molar-refractivity contribution is -0.126. The highest BCUT2D eigenvalue weighted by Crippen LogP contribution is 2.19. The average Bonchev–Trinajstić information content (AvgIpc) is 2.61. The van der Waals surface area contributed by atoms with Gasteiger partial charge in [0.2, 0.25) is 0 Å². The van der Waals surface area contributed by atoms with E-state index in [-0.39, 0.29) is 0 Å². The van der Waals surface area contributed by atoms with Gasteiger partial charge in [-0.15, -0.1) is 0 Å². The van der Waals surface area contributed by atoms with Crippen LogP contribution in [0.3, 0.4) is 0 Å². The van der Waals surface area contributed by atoms with Crippen molar-refractivity contribution in [2.24, 2.45) is 0 Å². The number of hydrogen-bond acceptors (Lipinski definition) is 4. The molecule has 6 nitrogen and oxygen atoms in total. The van der Waals surface area contributed by atoms with Crippen molar-refractivity contribution in [3.05, 3.63) is 60.2 Å². The summed E-state index contributed by atoms with van der Waals surface area (Å²) in [7, 11) is 1.43.